The van der Waals surface area contributed by atoms with E-state index in [2.05, 4.69) is 65.6 Å². The first-order valence-electron chi connectivity index (χ1n) is 12.0. The van der Waals surface area contributed by atoms with Gasteiger partial charge >= 0.3 is 0 Å². The molecule has 0 unspecified atom stereocenters. The number of rotatable bonds is 5. The van der Waals surface area contributed by atoms with Crippen LogP contribution in [0.5, 0.6) is 5.75 Å². The summed E-state index contributed by atoms with van der Waals surface area (Å²) in [5, 5.41) is 0. The first kappa shape index (κ1) is 21.7. The number of para-hydroxylation sites is 1. The summed E-state index contributed by atoms with van der Waals surface area (Å²) in [6.45, 7) is 3.64. The van der Waals surface area contributed by atoms with Crippen molar-refractivity contribution >= 4 is 5.91 Å². The second kappa shape index (κ2) is 9.80. The molecular formula is C29H32N2O2. The summed E-state index contributed by atoms with van der Waals surface area (Å²) in [6, 6.07) is 29.5. The van der Waals surface area contributed by atoms with E-state index in [1.54, 1.807) is 7.11 Å². The summed E-state index contributed by atoms with van der Waals surface area (Å²) in [6.07, 6.45) is 2.34. The number of hydrogen-bond donors (Lipinski definition) is 0. The molecule has 1 amide bonds. The van der Waals surface area contributed by atoms with Crippen LogP contribution in [0.2, 0.25) is 0 Å². The summed E-state index contributed by atoms with van der Waals surface area (Å²) in [5.74, 6) is 1.66. The highest BCUT2D eigenvalue weighted by Gasteiger charge is 2.41. The fraction of sp³-hybridized carbons (Fsp3) is 0.345. The zero-order valence-electron chi connectivity index (χ0n) is 19.3. The van der Waals surface area contributed by atoms with E-state index in [4.69, 9.17) is 4.74 Å². The Hall–Kier alpha value is -3.11. The molecule has 2 aliphatic rings. The number of hydrogen-bond acceptors (Lipinski definition) is 3. The average molecular weight is 441 g/mol. The normalized spacial score (nSPS) is 21.8. The third kappa shape index (κ3) is 4.53. The fourth-order valence-electron chi connectivity index (χ4n) is 5.63. The van der Waals surface area contributed by atoms with E-state index < -0.39 is 0 Å². The van der Waals surface area contributed by atoms with Gasteiger partial charge in [-0.15, -0.1) is 0 Å². The zero-order chi connectivity index (χ0) is 22.6. The zero-order valence-corrected chi connectivity index (χ0v) is 19.3. The standard InChI is InChI=1S/C29H32N2O2/c1-33-28-15-9-8-14-25(28)29(32)31-20-26(24-12-6-3-7-13-24)27(21-31)30-18-16-23(17-19-30)22-10-4-2-5-11-22/h2-15,23,26-27H,16-21H2,1H3/t26-,27+/m1/s1. The van der Waals surface area contributed by atoms with Gasteiger partial charge in [0.05, 0.1) is 12.7 Å². The lowest BCUT2D eigenvalue weighted by Gasteiger charge is -2.38. The minimum Gasteiger partial charge on any atom is -0.496 e. The van der Waals surface area contributed by atoms with E-state index >= 15 is 0 Å². The lowest BCUT2D eigenvalue weighted by atomic mass is 9.87. The van der Waals surface area contributed by atoms with Gasteiger partial charge < -0.3 is 9.64 Å². The van der Waals surface area contributed by atoms with Crippen LogP contribution in [0.15, 0.2) is 84.9 Å². The Balaban J connectivity index is 1.35. The van der Waals surface area contributed by atoms with Crippen molar-refractivity contribution in [2.24, 2.45) is 0 Å². The number of carbonyl (C=O) groups excluding carboxylic acids is 1. The van der Waals surface area contributed by atoms with Crippen LogP contribution in [0.25, 0.3) is 0 Å². The van der Waals surface area contributed by atoms with Gasteiger partial charge in [0.2, 0.25) is 0 Å². The fourth-order valence-corrected chi connectivity index (χ4v) is 5.63. The lowest BCUT2D eigenvalue weighted by molar-refractivity contribution is 0.0766. The molecule has 2 fully saturated rings. The van der Waals surface area contributed by atoms with Crippen molar-refractivity contribution in [1.82, 2.24) is 9.80 Å². The minimum absolute atomic E-state index is 0.0649. The summed E-state index contributed by atoms with van der Waals surface area (Å²) < 4.78 is 5.48. The molecule has 0 aromatic heterocycles. The molecule has 2 heterocycles. The van der Waals surface area contributed by atoms with Crippen molar-refractivity contribution < 1.29 is 9.53 Å². The molecule has 5 rings (SSSR count). The molecule has 0 bridgehead atoms. The molecule has 2 atom stereocenters. The second-order valence-electron chi connectivity index (χ2n) is 9.22. The van der Waals surface area contributed by atoms with Crippen LogP contribution in [-0.2, 0) is 0 Å². The van der Waals surface area contributed by atoms with Gasteiger partial charge in [-0.25, -0.2) is 0 Å². The third-order valence-electron chi connectivity index (χ3n) is 7.41. The van der Waals surface area contributed by atoms with Crippen LogP contribution in [0.1, 0.15) is 46.2 Å². The van der Waals surface area contributed by atoms with Gasteiger partial charge in [0.1, 0.15) is 5.75 Å². The second-order valence-corrected chi connectivity index (χ2v) is 9.22. The van der Waals surface area contributed by atoms with E-state index in [0.717, 1.165) is 26.2 Å². The number of ether oxygens (including phenoxy) is 1. The van der Waals surface area contributed by atoms with Crippen molar-refractivity contribution in [3.63, 3.8) is 0 Å². The van der Waals surface area contributed by atoms with Crippen LogP contribution in [-0.4, -0.2) is 55.0 Å². The molecule has 0 saturated carbocycles. The van der Waals surface area contributed by atoms with Crippen molar-refractivity contribution in [2.75, 3.05) is 33.3 Å². The van der Waals surface area contributed by atoms with E-state index in [1.807, 2.05) is 29.2 Å². The van der Waals surface area contributed by atoms with Crippen LogP contribution >= 0.6 is 0 Å². The number of benzene rings is 3. The smallest absolute Gasteiger partial charge is 0.257 e. The highest BCUT2D eigenvalue weighted by atomic mass is 16.5. The summed E-state index contributed by atoms with van der Waals surface area (Å²) >= 11 is 0. The largest absolute Gasteiger partial charge is 0.496 e. The van der Waals surface area contributed by atoms with Crippen LogP contribution in [0, 0.1) is 0 Å². The van der Waals surface area contributed by atoms with Gasteiger partial charge in [-0.05, 0) is 55.1 Å². The first-order chi connectivity index (χ1) is 16.2. The molecule has 4 heteroatoms. The van der Waals surface area contributed by atoms with Crippen molar-refractivity contribution in [2.45, 2.75) is 30.7 Å². The monoisotopic (exact) mass is 440 g/mol. The molecule has 4 nitrogen and oxygen atoms in total. The van der Waals surface area contributed by atoms with Gasteiger partial charge in [0, 0.05) is 25.0 Å². The SMILES string of the molecule is COc1ccccc1C(=O)N1C[C@H](c2ccccc2)[C@@H](N2CCC(c3ccccc3)CC2)C1. The number of piperidine rings is 1. The summed E-state index contributed by atoms with van der Waals surface area (Å²) in [4.78, 5) is 18.2. The van der Waals surface area contributed by atoms with Gasteiger partial charge in [-0.1, -0.05) is 72.8 Å². The van der Waals surface area contributed by atoms with Gasteiger partial charge in [-0.2, -0.15) is 0 Å². The van der Waals surface area contributed by atoms with E-state index in [0.29, 0.717) is 29.2 Å². The number of amides is 1. The number of carbonyl (C=O) groups is 1. The van der Waals surface area contributed by atoms with Crippen LogP contribution in [0.4, 0.5) is 0 Å². The highest BCUT2D eigenvalue weighted by Crippen LogP contribution is 2.36. The number of methoxy groups -OCH3 is 1. The quantitative estimate of drug-likeness (QED) is 0.548. The van der Waals surface area contributed by atoms with Gasteiger partial charge in [0.15, 0.2) is 0 Å². The predicted molar refractivity (Wildman–Crippen MR) is 132 cm³/mol. The van der Waals surface area contributed by atoms with E-state index in [9.17, 15) is 4.79 Å². The number of nitrogens with zero attached hydrogens (tertiary/aromatic N) is 2. The van der Waals surface area contributed by atoms with Crippen molar-refractivity contribution in [3.05, 3.63) is 102 Å². The third-order valence-corrected chi connectivity index (χ3v) is 7.41. The molecule has 0 N–H and O–H groups in total. The van der Waals surface area contributed by atoms with Crippen LogP contribution in [0.3, 0.4) is 0 Å². The van der Waals surface area contributed by atoms with Crippen molar-refractivity contribution in [1.29, 1.82) is 0 Å². The predicted octanol–water partition coefficient (Wildman–Crippen LogP) is 5.18. The van der Waals surface area contributed by atoms with Gasteiger partial charge in [0.25, 0.3) is 5.91 Å². The van der Waals surface area contributed by atoms with E-state index in [1.165, 1.54) is 24.0 Å². The molecule has 3 aromatic carbocycles. The van der Waals surface area contributed by atoms with Gasteiger partial charge in [-0.3, -0.25) is 9.69 Å². The molecule has 2 aliphatic heterocycles. The van der Waals surface area contributed by atoms with Crippen molar-refractivity contribution in [3.8, 4) is 5.75 Å². The molecule has 33 heavy (non-hydrogen) atoms. The van der Waals surface area contributed by atoms with Crippen LogP contribution < -0.4 is 4.74 Å². The minimum atomic E-state index is 0.0649. The Morgan fingerprint density at radius 3 is 2.06 bits per heavy atom. The molecule has 0 aliphatic carbocycles. The Labute approximate surface area is 196 Å². The molecule has 0 spiro atoms. The maximum absolute atomic E-state index is 13.5. The highest BCUT2D eigenvalue weighted by molar-refractivity contribution is 5.97. The lowest BCUT2D eigenvalue weighted by Crippen LogP contribution is -2.45. The number of likely N-dealkylation sites (tertiary alicyclic amines) is 2. The maximum Gasteiger partial charge on any atom is 0.257 e. The first-order valence-corrected chi connectivity index (χ1v) is 12.0. The Bertz CT molecular complexity index is 1060. The Morgan fingerprint density at radius 1 is 0.788 bits per heavy atom. The maximum atomic E-state index is 13.5. The molecule has 0 radical (unpaired) electrons. The topological polar surface area (TPSA) is 32.8 Å². The summed E-state index contributed by atoms with van der Waals surface area (Å²) in [7, 11) is 1.63. The Kier molecular flexibility index (Phi) is 6.45. The average Bonchev–Trinajstić information content (AvgIpc) is 3.35. The summed E-state index contributed by atoms with van der Waals surface area (Å²) in [5.41, 5.74) is 3.43. The molecule has 3 aromatic rings. The van der Waals surface area contributed by atoms with E-state index in [-0.39, 0.29) is 5.91 Å². The molecule has 2 saturated heterocycles. The Morgan fingerprint density at radius 2 is 1.39 bits per heavy atom. The molecule has 170 valence electrons. The molecular weight excluding hydrogens is 408 g/mol.